The van der Waals surface area contributed by atoms with Crippen molar-refractivity contribution in [3.63, 3.8) is 0 Å². The Balaban J connectivity index is 2.15. The standard InChI is InChI=1S/C18H14BrCl/c1-12-11-14(19)9-10-15(12)18(20)17-8-4-6-13-5-2-3-7-16(13)17/h2-11,18H,1H3. The van der Waals surface area contributed by atoms with Gasteiger partial charge in [0.1, 0.15) is 0 Å². The van der Waals surface area contributed by atoms with E-state index in [0.717, 1.165) is 15.6 Å². The first-order valence-electron chi connectivity index (χ1n) is 6.54. The highest BCUT2D eigenvalue weighted by atomic mass is 79.9. The van der Waals surface area contributed by atoms with Gasteiger partial charge in [-0.05, 0) is 46.5 Å². The summed E-state index contributed by atoms with van der Waals surface area (Å²) in [5, 5.41) is 2.32. The van der Waals surface area contributed by atoms with E-state index >= 15 is 0 Å². The van der Waals surface area contributed by atoms with Crippen LogP contribution in [0.15, 0.2) is 65.1 Å². The van der Waals surface area contributed by atoms with Gasteiger partial charge in [-0.15, -0.1) is 11.6 Å². The molecule has 0 aliphatic carbocycles. The number of alkyl halides is 1. The number of hydrogen-bond donors (Lipinski definition) is 0. The Kier molecular flexibility index (Phi) is 3.82. The van der Waals surface area contributed by atoms with Crippen LogP contribution in [0.1, 0.15) is 22.1 Å². The maximum Gasteiger partial charge on any atom is 0.0844 e. The number of fused-ring (bicyclic) bond motifs is 1. The van der Waals surface area contributed by atoms with Crippen LogP contribution < -0.4 is 0 Å². The first kappa shape index (κ1) is 13.7. The van der Waals surface area contributed by atoms with E-state index in [1.54, 1.807) is 0 Å². The van der Waals surface area contributed by atoms with Crippen LogP contribution in [-0.2, 0) is 0 Å². The summed E-state index contributed by atoms with van der Waals surface area (Å²) in [5.74, 6) is 0. The van der Waals surface area contributed by atoms with E-state index in [4.69, 9.17) is 11.6 Å². The predicted octanol–water partition coefficient (Wildman–Crippen LogP) is 6.24. The van der Waals surface area contributed by atoms with Crippen molar-refractivity contribution in [3.05, 3.63) is 81.8 Å². The lowest BCUT2D eigenvalue weighted by Crippen LogP contribution is -1.97. The molecule has 0 aliphatic heterocycles. The molecule has 0 nitrogen and oxygen atoms in total. The van der Waals surface area contributed by atoms with Crippen LogP contribution in [0, 0.1) is 6.92 Å². The molecule has 0 spiro atoms. The van der Waals surface area contributed by atoms with Crippen molar-refractivity contribution in [1.29, 1.82) is 0 Å². The quantitative estimate of drug-likeness (QED) is 0.482. The highest BCUT2D eigenvalue weighted by Crippen LogP contribution is 2.35. The molecule has 3 aromatic carbocycles. The van der Waals surface area contributed by atoms with Crippen molar-refractivity contribution in [2.45, 2.75) is 12.3 Å². The van der Waals surface area contributed by atoms with Gasteiger partial charge in [-0.2, -0.15) is 0 Å². The zero-order valence-electron chi connectivity index (χ0n) is 11.1. The molecule has 3 rings (SSSR count). The fourth-order valence-electron chi connectivity index (χ4n) is 2.56. The molecule has 0 saturated carbocycles. The molecule has 0 aliphatic rings. The molecule has 0 aromatic heterocycles. The van der Waals surface area contributed by atoms with E-state index in [1.807, 2.05) is 6.07 Å². The highest BCUT2D eigenvalue weighted by molar-refractivity contribution is 9.10. The van der Waals surface area contributed by atoms with Crippen LogP contribution >= 0.6 is 27.5 Å². The fourth-order valence-corrected chi connectivity index (χ4v) is 3.47. The maximum absolute atomic E-state index is 6.75. The summed E-state index contributed by atoms with van der Waals surface area (Å²) in [6.45, 7) is 2.10. The summed E-state index contributed by atoms with van der Waals surface area (Å²) >= 11 is 10.3. The van der Waals surface area contributed by atoms with Crippen LogP contribution in [0.5, 0.6) is 0 Å². The van der Waals surface area contributed by atoms with Gasteiger partial charge >= 0.3 is 0 Å². The summed E-state index contributed by atoms with van der Waals surface area (Å²) in [7, 11) is 0. The second-order valence-corrected chi connectivity index (χ2v) is 6.28. The zero-order valence-corrected chi connectivity index (χ0v) is 13.4. The van der Waals surface area contributed by atoms with Crippen molar-refractivity contribution in [1.82, 2.24) is 0 Å². The number of rotatable bonds is 2. The third-order valence-corrected chi connectivity index (χ3v) is 4.56. The molecule has 20 heavy (non-hydrogen) atoms. The maximum atomic E-state index is 6.75. The van der Waals surface area contributed by atoms with Crippen molar-refractivity contribution in [2.75, 3.05) is 0 Å². The smallest absolute Gasteiger partial charge is 0.0844 e. The monoisotopic (exact) mass is 344 g/mol. The van der Waals surface area contributed by atoms with Crippen molar-refractivity contribution in [3.8, 4) is 0 Å². The average Bonchev–Trinajstić information content (AvgIpc) is 2.46. The van der Waals surface area contributed by atoms with Gasteiger partial charge in [-0.1, -0.05) is 64.5 Å². The lowest BCUT2D eigenvalue weighted by Gasteiger charge is -2.16. The van der Waals surface area contributed by atoms with Gasteiger partial charge in [-0.3, -0.25) is 0 Å². The Bertz CT molecular complexity index is 759. The van der Waals surface area contributed by atoms with Crippen LogP contribution in [0.3, 0.4) is 0 Å². The van der Waals surface area contributed by atoms with Gasteiger partial charge in [-0.25, -0.2) is 0 Å². The largest absolute Gasteiger partial charge is 0.113 e. The average molecular weight is 346 g/mol. The van der Waals surface area contributed by atoms with Crippen LogP contribution in [-0.4, -0.2) is 0 Å². The Morgan fingerprint density at radius 1 is 0.900 bits per heavy atom. The number of hydrogen-bond acceptors (Lipinski definition) is 0. The molecular formula is C18H14BrCl. The Labute approximate surface area is 132 Å². The van der Waals surface area contributed by atoms with E-state index < -0.39 is 0 Å². The topological polar surface area (TPSA) is 0 Å². The lowest BCUT2D eigenvalue weighted by atomic mass is 9.96. The van der Waals surface area contributed by atoms with Crippen molar-refractivity contribution >= 4 is 38.3 Å². The van der Waals surface area contributed by atoms with Crippen LogP contribution in [0.25, 0.3) is 10.8 Å². The minimum Gasteiger partial charge on any atom is -0.113 e. The first-order valence-corrected chi connectivity index (χ1v) is 7.77. The third kappa shape index (κ3) is 2.48. The minimum atomic E-state index is -0.130. The second kappa shape index (κ2) is 5.59. The number of aryl methyl sites for hydroxylation is 1. The zero-order chi connectivity index (χ0) is 14.1. The number of halogens is 2. The predicted molar refractivity (Wildman–Crippen MR) is 90.5 cm³/mol. The van der Waals surface area contributed by atoms with E-state index in [0.29, 0.717) is 0 Å². The molecule has 2 heteroatoms. The molecule has 0 N–H and O–H groups in total. The lowest BCUT2D eigenvalue weighted by molar-refractivity contribution is 1.12. The molecule has 1 atom stereocenters. The first-order chi connectivity index (χ1) is 9.66. The second-order valence-electron chi connectivity index (χ2n) is 4.93. The van der Waals surface area contributed by atoms with E-state index in [9.17, 15) is 0 Å². The van der Waals surface area contributed by atoms with Gasteiger partial charge in [0.15, 0.2) is 0 Å². The van der Waals surface area contributed by atoms with Gasteiger partial charge < -0.3 is 0 Å². The number of benzene rings is 3. The Morgan fingerprint density at radius 3 is 2.45 bits per heavy atom. The molecule has 0 fully saturated rings. The molecule has 0 radical (unpaired) electrons. The molecule has 3 aromatic rings. The molecule has 1 unspecified atom stereocenters. The van der Waals surface area contributed by atoms with Crippen LogP contribution in [0.4, 0.5) is 0 Å². The van der Waals surface area contributed by atoms with Gasteiger partial charge in [0.2, 0.25) is 0 Å². The van der Waals surface area contributed by atoms with Gasteiger partial charge in [0.25, 0.3) is 0 Å². The minimum absolute atomic E-state index is 0.130. The fraction of sp³-hybridized carbons (Fsp3) is 0.111. The third-order valence-electron chi connectivity index (χ3n) is 3.60. The summed E-state index contributed by atoms with van der Waals surface area (Å²) in [4.78, 5) is 0. The molecule has 0 bridgehead atoms. The van der Waals surface area contributed by atoms with E-state index in [1.165, 1.54) is 16.3 Å². The molecular weight excluding hydrogens is 332 g/mol. The summed E-state index contributed by atoms with van der Waals surface area (Å²) in [5.41, 5.74) is 3.52. The SMILES string of the molecule is Cc1cc(Br)ccc1C(Cl)c1cccc2ccccc12. The van der Waals surface area contributed by atoms with Crippen LogP contribution in [0.2, 0.25) is 0 Å². The summed E-state index contributed by atoms with van der Waals surface area (Å²) < 4.78 is 1.08. The van der Waals surface area contributed by atoms with E-state index in [-0.39, 0.29) is 5.38 Å². The van der Waals surface area contributed by atoms with Gasteiger partial charge in [0.05, 0.1) is 5.38 Å². The molecule has 100 valence electrons. The van der Waals surface area contributed by atoms with Crippen molar-refractivity contribution < 1.29 is 0 Å². The summed E-state index contributed by atoms with van der Waals surface area (Å²) in [6.07, 6.45) is 0. The van der Waals surface area contributed by atoms with Crippen molar-refractivity contribution in [2.24, 2.45) is 0 Å². The molecule has 0 amide bonds. The Hall–Kier alpha value is -1.31. The molecule has 0 heterocycles. The van der Waals surface area contributed by atoms with Gasteiger partial charge in [0, 0.05) is 4.47 Å². The van der Waals surface area contributed by atoms with E-state index in [2.05, 4.69) is 77.5 Å². The highest BCUT2D eigenvalue weighted by Gasteiger charge is 2.15. The Morgan fingerprint density at radius 2 is 1.65 bits per heavy atom. The molecule has 0 saturated heterocycles. The summed E-state index contributed by atoms with van der Waals surface area (Å²) in [6, 6.07) is 20.9. The normalized spacial score (nSPS) is 12.6.